The number of likely N-dealkylation sites (N-methyl/N-ethyl adjacent to an activating group) is 1. The van der Waals surface area contributed by atoms with Gasteiger partial charge >= 0.3 is 0 Å². The maximum Gasteiger partial charge on any atom is 0.233 e. The van der Waals surface area contributed by atoms with Gasteiger partial charge in [-0.25, -0.2) is 0 Å². The van der Waals surface area contributed by atoms with Crippen LogP contribution in [0.4, 0.5) is 0 Å². The van der Waals surface area contributed by atoms with Gasteiger partial charge in [0.05, 0.1) is 19.6 Å². The molecule has 0 radical (unpaired) electrons. The Morgan fingerprint density at radius 2 is 1.92 bits per heavy atom. The number of methoxy groups -OCH3 is 2. The number of benzene rings is 2. The number of nitrogens with zero attached hydrogens (tertiary/aromatic N) is 1. The third kappa shape index (κ3) is 3.45. The highest BCUT2D eigenvalue weighted by Gasteiger charge is 2.52. The van der Waals surface area contributed by atoms with Crippen LogP contribution in [0.1, 0.15) is 24.0 Å². The molecule has 1 fully saturated rings. The molecule has 1 aliphatic carbocycles. The first-order chi connectivity index (χ1) is 12.0. The minimum atomic E-state index is -0.431. The molecule has 132 valence electrons. The summed E-state index contributed by atoms with van der Waals surface area (Å²) in [7, 11) is 5.07. The van der Waals surface area contributed by atoms with Crippen molar-refractivity contribution in [1.29, 1.82) is 0 Å². The van der Waals surface area contributed by atoms with Crippen molar-refractivity contribution >= 4 is 17.5 Å². The number of carbonyl (C=O) groups is 1. The Kier molecular flexibility index (Phi) is 4.91. The lowest BCUT2D eigenvalue weighted by Gasteiger charge is -2.25. The largest absolute Gasteiger partial charge is 0.497 e. The third-order valence-electron chi connectivity index (χ3n) is 4.79. The van der Waals surface area contributed by atoms with Gasteiger partial charge in [0, 0.05) is 30.2 Å². The number of hydrogen-bond donors (Lipinski definition) is 0. The van der Waals surface area contributed by atoms with Gasteiger partial charge in [0.1, 0.15) is 11.5 Å². The van der Waals surface area contributed by atoms with E-state index in [0.29, 0.717) is 17.3 Å². The number of halogens is 1. The van der Waals surface area contributed by atoms with E-state index in [1.807, 2.05) is 49.5 Å². The SMILES string of the molecule is COc1ccc(CN(C)C(=O)C2(c3cccc(Cl)c3)CC2)c(OC)c1. The topological polar surface area (TPSA) is 38.8 Å². The van der Waals surface area contributed by atoms with Crippen LogP contribution in [0.15, 0.2) is 42.5 Å². The summed E-state index contributed by atoms with van der Waals surface area (Å²) in [6, 6.07) is 13.2. The molecule has 0 aromatic heterocycles. The summed E-state index contributed by atoms with van der Waals surface area (Å²) in [4.78, 5) is 14.8. The lowest BCUT2D eigenvalue weighted by atomic mass is 9.94. The van der Waals surface area contributed by atoms with E-state index < -0.39 is 5.41 Å². The molecule has 0 heterocycles. The molecule has 0 unspecified atom stereocenters. The first kappa shape index (κ1) is 17.6. The van der Waals surface area contributed by atoms with Gasteiger partial charge < -0.3 is 14.4 Å². The van der Waals surface area contributed by atoms with Crippen molar-refractivity contribution in [2.75, 3.05) is 21.3 Å². The summed E-state index contributed by atoms with van der Waals surface area (Å²) in [6.07, 6.45) is 1.71. The molecule has 0 atom stereocenters. The molecular formula is C20H22ClNO3. The molecule has 4 nitrogen and oxygen atoms in total. The minimum absolute atomic E-state index is 0.118. The van der Waals surface area contributed by atoms with E-state index in [1.54, 1.807) is 19.1 Å². The summed E-state index contributed by atoms with van der Waals surface area (Å²) in [6.45, 7) is 0.480. The van der Waals surface area contributed by atoms with E-state index in [2.05, 4.69) is 0 Å². The van der Waals surface area contributed by atoms with Crippen molar-refractivity contribution in [2.45, 2.75) is 24.8 Å². The molecular weight excluding hydrogens is 338 g/mol. The lowest BCUT2D eigenvalue weighted by Crippen LogP contribution is -2.36. The second-order valence-electron chi connectivity index (χ2n) is 6.43. The van der Waals surface area contributed by atoms with Crippen molar-refractivity contribution in [3.63, 3.8) is 0 Å². The Balaban J connectivity index is 1.80. The van der Waals surface area contributed by atoms with E-state index >= 15 is 0 Å². The van der Waals surface area contributed by atoms with Gasteiger partial charge in [0.2, 0.25) is 5.91 Å². The monoisotopic (exact) mass is 359 g/mol. The van der Waals surface area contributed by atoms with Gasteiger partial charge in [-0.2, -0.15) is 0 Å². The molecule has 0 spiro atoms. The van der Waals surface area contributed by atoms with Crippen molar-refractivity contribution in [3.05, 3.63) is 58.6 Å². The number of carbonyl (C=O) groups excluding carboxylic acids is 1. The number of rotatable bonds is 6. The molecule has 0 N–H and O–H groups in total. The first-order valence-corrected chi connectivity index (χ1v) is 8.60. The van der Waals surface area contributed by atoms with E-state index in [1.165, 1.54) is 0 Å². The molecule has 1 amide bonds. The number of hydrogen-bond acceptors (Lipinski definition) is 3. The van der Waals surface area contributed by atoms with Gasteiger partial charge in [-0.3, -0.25) is 4.79 Å². The van der Waals surface area contributed by atoms with Crippen molar-refractivity contribution in [3.8, 4) is 11.5 Å². The smallest absolute Gasteiger partial charge is 0.233 e. The van der Waals surface area contributed by atoms with Crippen molar-refractivity contribution in [2.24, 2.45) is 0 Å². The highest BCUT2D eigenvalue weighted by Crippen LogP contribution is 2.50. The van der Waals surface area contributed by atoms with Crippen LogP contribution >= 0.6 is 11.6 Å². The fraction of sp³-hybridized carbons (Fsp3) is 0.350. The van der Waals surface area contributed by atoms with Crippen LogP contribution in [0.25, 0.3) is 0 Å². The molecule has 3 rings (SSSR count). The molecule has 1 aliphatic rings. The lowest BCUT2D eigenvalue weighted by molar-refractivity contribution is -0.133. The molecule has 0 aliphatic heterocycles. The highest BCUT2D eigenvalue weighted by molar-refractivity contribution is 6.30. The predicted molar refractivity (Wildman–Crippen MR) is 98.4 cm³/mol. The van der Waals surface area contributed by atoms with Gasteiger partial charge in [0.15, 0.2) is 0 Å². The molecule has 1 saturated carbocycles. The summed E-state index contributed by atoms with van der Waals surface area (Å²) < 4.78 is 10.7. The summed E-state index contributed by atoms with van der Waals surface area (Å²) in [5, 5.41) is 0.663. The normalized spacial score (nSPS) is 14.7. The van der Waals surface area contributed by atoms with Crippen LogP contribution < -0.4 is 9.47 Å². The second-order valence-corrected chi connectivity index (χ2v) is 6.87. The number of amides is 1. The van der Waals surface area contributed by atoms with Gasteiger partial charge in [-0.05, 0) is 42.7 Å². The van der Waals surface area contributed by atoms with Crippen molar-refractivity contribution in [1.82, 2.24) is 4.90 Å². The molecule has 25 heavy (non-hydrogen) atoms. The highest BCUT2D eigenvalue weighted by atomic mass is 35.5. The predicted octanol–water partition coefficient (Wildman–Crippen LogP) is 4.05. The van der Waals surface area contributed by atoms with Crippen LogP contribution in [-0.4, -0.2) is 32.1 Å². The van der Waals surface area contributed by atoms with Gasteiger partial charge in [-0.1, -0.05) is 23.7 Å². The fourth-order valence-electron chi connectivity index (χ4n) is 3.21. The average Bonchev–Trinajstić information content (AvgIpc) is 3.43. The van der Waals surface area contributed by atoms with Gasteiger partial charge in [0.25, 0.3) is 0 Å². The van der Waals surface area contributed by atoms with Crippen LogP contribution in [0.3, 0.4) is 0 Å². The third-order valence-corrected chi connectivity index (χ3v) is 5.02. The quantitative estimate of drug-likeness (QED) is 0.781. The van der Waals surface area contributed by atoms with Gasteiger partial charge in [-0.15, -0.1) is 0 Å². The Labute approximate surface area is 153 Å². The zero-order chi connectivity index (χ0) is 18.0. The minimum Gasteiger partial charge on any atom is -0.497 e. The van der Waals surface area contributed by atoms with Crippen molar-refractivity contribution < 1.29 is 14.3 Å². The Morgan fingerprint density at radius 3 is 2.52 bits per heavy atom. The molecule has 0 bridgehead atoms. The van der Waals surface area contributed by atoms with Crippen LogP contribution in [0.2, 0.25) is 5.02 Å². The summed E-state index contributed by atoms with van der Waals surface area (Å²) >= 11 is 6.11. The van der Waals surface area contributed by atoms with E-state index in [0.717, 1.165) is 29.7 Å². The molecule has 5 heteroatoms. The summed E-state index contributed by atoms with van der Waals surface area (Å²) in [5.41, 5.74) is 1.51. The maximum absolute atomic E-state index is 13.1. The maximum atomic E-state index is 13.1. The number of ether oxygens (including phenoxy) is 2. The molecule has 2 aromatic rings. The van der Waals surface area contributed by atoms with Crippen LogP contribution in [0, 0.1) is 0 Å². The Morgan fingerprint density at radius 1 is 1.16 bits per heavy atom. The zero-order valence-corrected chi connectivity index (χ0v) is 15.5. The second kappa shape index (κ2) is 6.96. The standard InChI is InChI=1S/C20H22ClNO3/c1-22(13-14-7-8-17(24-2)12-18(14)25-3)19(23)20(9-10-20)15-5-4-6-16(21)11-15/h4-8,11-12H,9-10,13H2,1-3H3. The van der Waals surface area contributed by atoms with E-state index in [-0.39, 0.29) is 5.91 Å². The fourth-order valence-corrected chi connectivity index (χ4v) is 3.40. The Bertz CT molecular complexity index is 786. The van der Waals surface area contributed by atoms with E-state index in [4.69, 9.17) is 21.1 Å². The Hall–Kier alpha value is -2.20. The zero-order valence-electron chi connectivity index (χ0n) is 14.7. The first-order valence-electron chi connectivity index (χ1n) is 8.22. The van der Waals surface area contributed by atoms with Crippen LogP contribution in [-0.2, 0) is 16.8 Å². The average molecular weight is 360 g/mol. The summed E-state index contributed by atoms with van der Waals surface area (Å²) in [5.74, 6) is 1.56. The molecule has 2 aromatic carbocycles. The van der Waals surface area contributed by atoms with Crippen LogP contribution in [0.5, 0.6) is 11.5 Å². The molecule has 0 saturated heterocycles. The van der Waals surface area contributed by atoms with E-state index in [9.17, 15) is 4.79 Å².